The topological polar surface area (TPSA) is 358 Å². The van der Waals surface area contributed by atoms with Gasteiger partial charge in [-0.1, -0.05) is 137 Å². The Balaban J connectivity index is 0.000000118. The van der Waals surface area contributed by atoms with Crippen LogP contribution in [0.1, 0.15) is 127 Å². The van der Waals surface area contributed by atoms with Crippen molar-refractivity contribution in [3.63, 3.8) is 0 Å². The van der Waals surface area contributed by atoms with E-state index in [1.807, 2.05) is 173 Å². The Hall–Kier alpha value is -11.3. The van der Waals surface area contributed by atoms with Crippen LogP contribution in [0.25, 0.3) is 55.3 Å². The minimum atomic E-state index is -1.03. The van der Waals surface area contributed by atoms with Gasteiger partial charge in [0.05, 0.1) is 99.0 Å². The predicted octanol–water partition coefficient (Wildman–Crippen LogP) is 13.4. The van der Waals surface area contributed by atoms with Crippen LogP contribution >= 0.6 is 58.0 Å². The lowest BCUT2D eigenvalue weighted by molar-refractivity contribution is -0.134. The molecule has 16 heterocycles. The van der Waals surface area contributed by atoms with Crippen LogP contribution in [0.3, 0.4) is 0 Å². The lowest BCUT2D eigenvalue weighted by atomic mass is 9.89. The number of amides is 4. The first-order valence-electron chi connectivity index (χ1n) is 48.0. The van der Waals surface area contributed by atoms with Crippen molar-refractivity contribution in [2.75, 3.05) is 164 Å². The van der Waals surface area contributed by atoms with Crippen molar-refractivity contribution in [2.24, 2.45) is 0 Å². The van der Waals surface area contributed by atoms with E-state index in [1.54, 1.807) is 12.4 Å². The van der Waals surface area contributed by atoms with Crippen LogP contribution in [0.15, 0.2) is 171 Å². The molecule has 8 saturated heterocycles. The monoisotopic (exact) mass is 1950 g/mol. The van der Waals surface area contributed by atoms with Crippen molar-refractivity contribution in [1.82, 2.24) is 102 Å². The second-order valence-corrected chi connectivity index (χ2v) is 39.1. The summed E-state index contributed by atoms with van der Waals surface area (Å²) in [6.45, 7) is 16.5. The van der Waals surface area contributed by atoms with Gasteiger partial charge in [-0.25, -0.2) is 19.9 Å². The number of ether oxygens (including phenoxy) is 1. The quantitative estimate of drug-likeness (QED) is 0.0301. The highest BCUT2D eigenvalue weighted by Gasteiger charge is 2.43. The van der Waals surface area contributed by atoms with Crippen LogP contribution in [0.5, 0.6) is 5.88 Å². The van der Waals surface area contributed by atoms with E-state index in [2.05, 4.69) is 113 Å². The summed E-state index contributed by atoms with van der Waals surface area (Å²) in [4.78, 5) is 90.3. The molecule has 10 N–H and O–H groups in total. The summed E-state index contributed by atoms with van der Waals surface area (Å²) in [6.07, 6.45) is 22.7. The molecule has 1 unspecified atom stereocenters. The summed E-state index contributed by atoms with van der Waals surface area (Å²) in [5, 5.41) is 69.0. The van der Waals surface area contributed by atoms with E-state index >= 15 is 0 Å². The van der Waals surface area contributed by atoms with Crippen LogP contribution < -0.4 is 45.6 Å². The average Bonchev–Trinajstić information content (AvgIpc) is 1.64. The number of rotatable bonds is 22. The lowest BCUT2D eigenvalue weighted by Crippen LogP contribution is -2.52. The van der Waals surface area contributed by atoms with Gasteiger partial charge in [0, 0.05) is 173 Å². The molecule has 9 atom stereocenters. The maximum Gasteiger partial charge on any atom is 0.244 e. The third kappa shape index (κ3) is 21.2. The molecule has 0 radical (unpaired) electrons. The number of nitrogens with one attached hydrogen (secondary N) is 8. The summed E-state index contributed by atoms with van der Waals surface area (Å²) in [5.74, 6) is 0.853. The number of carbonyl (C=O) groups is 4. The molecule has 9 aliphatic rings. The molecule has 36 heteroatoms. The highest BCUT2D eigenvalue weighted by Crippen LogP contribution is 2.48. The Morgan fingerprint density at radius 1 is 0.394 bits per heavy atom. The SMILES string of the molecule is Cc1cnc2[nH]ncc2c1N1CCN(C(=O)[C@@H](c2ccc(Cl)cc2)[C@@H]2CCCN2)CC1.O=C([C@@H](c1ccc(Cl)cc1)C1CCCN1)N1CCN(c2c(-c3ccccc3)cnc3[nH]nc(OC[C@@H](O)CO)c23)CC1.O=C([C@@H](c1ccc(Cl)cc1)[C@@H]1CCCN1)N1CCN(c2c(C3CC3)cnc3[nH]ncc23)CC1.O=C([C@@H](c1ccc(Cl)cc1)[C@@H]1CCCN1)N1CCN(c2c(Cl)cnc3[nH]ncc23)CC1. The highest BCUT2D eigenvalue weighted by atomic mass is 35.5. The summed E-state index contributed by atoms with van der Waals surface area (Å²) in [6, 6.07) is 41.5. The first kappa shape index (κ1) is 94.6. The number of hydrogen-bond acceptors (Lipinski definition) is 23. The summed E-state index contributed by atoms with van der Waals surface area (Å²) in [5.41, 5.74) is 15.7. The van der Waals surface area contributed by atoms with E-state index in [1.165, 1.54) is 24.1 Å². The minimum Gasteiger partial charge on any atom is -0.473 e. The molecule has 716 valence electrons. The first-order chi connectivity index (χ1) is 66.9. The lowest BCUT2D eigenvalue weighted by Gasteiger charge is -2.39. The zero-order chi connectivity index (χ0) is 94.2. The molecule has 1 saturated carbocycles. The number of aromatic amines is 4. The van der Waals surface area contributed by atoms with Crippen LogP contribution in [-0.4, -0.2) is 289 Å². The number of pyridine rings is 4. The second-order valence-electron chi connectivity index (χ2n) is 36.9. The Bertz CT molecular complexity index is 6120. The average molecular weight is 1950 g/mol. The molecule has 1 aliphatic carbocycles. The Kier molecular flexibility index (Phi) is 30.0. The van der Waals surface area contributed by atoms with E-state index in [0.717, 1.165) is 200 Å². The van der Waals surface area contributed by atoms with Crippen molar-refractivity contribution < 1.29 is 34.1 Å². The number of benzene rings is 5. The maximum atomic E-state index is 14.1. The van der Waals surface area contributed by atoms with Crippen molar-refractivity contribution in [2.45, 2.75) is 131 Å². The van der Waals surface area contributed by atoms with Gasteiger partial charge in [0.2, 0.25) is 29.5 Å². The second kappa shape index (κ2) is 43.4. The van der Waals surface area contributed by atoms with Crippen molar-refractivity contribution in [3.8, 4) is 17.0 Å². The number of aliphatic hydroxyl groups excluding tert-OH is 2. The Morgan fingerprint density at radius 3 is 1.12 bits per heavy atom. The third-order valence-electron chi connectivity index (χ3n) is 28.4. The van der Waals surface area contributed by atoms with Crippen LogP contribution in [0, 0.1) is 6.92 Å². The molecule has 0 spiro atoms. The van der Waals surface area contributed by atoms with Gasteiger partial charge in [-0.3, -0.25) is 39.6 Å². The van der Waals surface area contributed by atoms with Gasteiger partial charge in [0.15, 0.2) is 22.6 Å². The van der Waals surface area contributed by atoms with E-state index in [9.17, 15) is 29.4 Å². The normalized spacial score (nSPS) is 20.3. The molecule has 0 bridgehead atoms. The minimum absolute atomic E-state index is 0.0983. The van der Waals surface area contributed by atoms with E-state index in [-0.39, 0.29) is 78.1 Å². The van der Waals surface area contributed by atoms with Gasteiger partial charge in [-0.15, -0.1) is 5.10 Å². The van der Waals surface area contributed by atoms with Crippen molar-refractivity contribution >= 4 is 149 Å². The maximum absolute atomic E-state index is 14.1. The molecule has 5 aromatic carbocycles. The zero-order valence-electron chi connectivity index (χ0n) is 76.5. The number of H-pyrrole nitrogens is 4. The molecule has 22 rings (SSSR count). The number of fused-ring (bicyclic) bond motifs is 4. The molecule has 13 aromatic rings. The number of carbonyl (C=O) groups excluding carboxylic acids is 4. The largest absolute Gasteiger partial charge is 0.473 e. The number of nitrogens with zero attached hydrogens (tertiary/aromatic N) is 16. The highest BCUT2D eigenvalue weighted by molar-refractivity contribution is 6.34. The number of aryl methyl sites for hydroxylation is 1. The molecule has 31 nitrogen and oxygen atoms in total. The van der Waals surface area contributed by atoms with E-state index in [0.29, 0.717) is 119 Å². The van der Waals surface area contributed by atoms with Crippen LogP contribution in [0.4, 0.5) is 22.7 Å². The molecule has 137 heavy (non-hydrogen) atoms. The predicted molar refractivity (Wildman–Crippen MR) is 537 cm³/mol. The van der Waals surface area contributed by atoms with Crippen molar-refractivity contribution in [1.29, 1.82) is 0 Å². The van der Waals surface area contributed by atoms with Gasteiger partial charge in [-0.2, -0.15) is 15.3 Å². The third-order valence-corrected chi connectivity index (χ3v) is 29.7. The van der Waals surface area contributed by atoms with Crippen LogP contribution in [0.2, 0.25) is 25.1 Å². The molecular weight excluding hydrogens is 1840 g/mol. The molecule has 8 aliphatic heterocycles. The number of halogens is 5. The van der Waals surface area contributed by atoms with Gasteiger partial charge in [0.25, 0.3) is 0 Å². The molecule has 9 fully saturated rings. The number of aliphatic hydroxyl groups is 2. The van der Waals surface area contributed by atoms with Gasteiger partial charge in [0.1, 0.15) is 18.1 Å². The molecular formula is C101H115Cl5N24O7. The summed E-state index contributed by atoms with van der Waals surface area (Å²) >= 11 is 30.9. The molecule has 8 aromatic heterocycles. The fraction of sp³-hybridized carbons (Fsp3) is 0.426. The number of anilines is 4. The first-order valence-corrected chi connectivity index (χ1v) is 49.9. The summed E-state index contributed by atoms with van der Waals surface area (Å²) in [7, 11) is 0. The van der Waals surface area contributed by atoms with Crippen LogP contribution in [-0.2, 0) is 19.2 Å². The van der Waals surface area contributed by atoms with Crippen molar-refractivity contribution in [3.05, 3.63) is 229 Å². The Morgan fingerprint density at radius 2 is 0.745 bits per heavy atom. The van der Waals surface area contributed by atoms with Gasteiger partial charge in [-0.05, 0) is 191 Å². The molecule has 4 amide bonds. The smallest absolute Gasteiger partial charge is 0.244 e. The van der Waals surface area contributed by atoms with Gasteiger partial charge < -0.3 is 75.4 Å². The van der Waals surface area contributed by atoms with E-state index < -0.39 is 12.7 Å². The van der Waals surface area contributed by atoms with Gasteiger partial charge >= 0.3 is 0 Å². The zero-order valence-corrected chi connectivity index (χ0v) is 80.3. The fourth-order valence-corrected chi connectivity index (χ4v) is 22.0. The number of piperazine rings is 4. The van der Waals surface area contributed by atoms with E-state index in [4.69, 9.17) is 62.7 Å². The number of hydrogen-bond donors (Lipinski definition) is 10. The fourth-order valence-electron chi connectivity index (χ4n) is 21.2. The number of aromatic nitrogens is 12. The summed E-state index contributed by atoms with van der Waals surface area (Å²) < 4.78 is 5.84. The Labute approximate surface area is 819 Å². The standard InChI is InChI=1S/C31H35ClN6O4.C25H29ClN6O.C23H27ClN6O.C22H24Cl2N6O/c32-22-10-8-21(9-11-22)26(25-7-4-12-33-25)31(41)38-15-13-37(14-16-38)28-24(20-5-2-1-3-6-20)17-34-29-27(28)30(36-35-29)42-19-23(40)18-39;26-18-7-5-17(6-8-18)22(21-2-1-9-27-21)25(33)32-12-10-31(11-13-32)23-19(16-3-4-16)14-28-24-20(23)15-29-30-24;1-15-13-26-22-18(14-27-28-22)21(15)29-9-11-30(12-10-29)23(31)20(19-3-2-8-25-19)16-4-6-17(24)7-5-16;23-15-5-3-14(4-6-15)19(18-2-1-7-25-18)22(31)30-10-8-29(9-11-30)20-16-12-27-28-21(16)26-13-17(20)24/h1-3,5-6,8-11,17,23,25-26,33,39-40H,4,7,12-16,18-19H2,(H,34,35,36);5-8,14-16,21-22,27H,1-4,9-13H2,(H,28,29,30);4-7,13-14,19-20,25H,2-3,8-12H2,1H3,(H,26,27,28);3-6,12-13,18-19,25H,1-2,7-11H2,(H,26,27,28)/t23-,25?,26-;21-,22-;19-,20-;18-,19-/m0000/s1.